The molecule has 112 valence electrons. The minimum Gasteiger partial charge on any atom is -0.310 e. The Labute approximate surface area is 126 Å². The Morgan fingerprint density at radius 3 is 2.52 bits per heavy atom. The first-order valence-corrected chi connectivity index (χ1v) is 7.43. The van der Waals surface area contributed by atoms with E-state index in [1.807, 2.05) is 32.9 Å². The Kier molecular flexibility index (Phi) is 5.07. The molecule has 0 spiro atoms. The van der Waals surface area contributed by atoms with E-state index in [9.17, 15) is 4.39 Å². The fourth-order valence-corrected chi connectivity index (χ4v) is 2.71. The Bertz CT molecular complexity index is 623. The van der Waals surface area contributed by atoms with E-state index in [1.165, 1.54) is 17.2 Å². The van der Waals surface area contributed by atoms with Crippen LogP contribution < -0.4 is 5.32 Å². The second kappa shape index (κ2) is 6.81. The van der Waals surface area contributed by atoms with Gasteiger partial charge in [-0.3, -0.25) is 4.98 Å². The van der Waals surface area contributed by atoms with Crippen molar-refractivity contribution in [3.05, 3.63) is 64.2 Å². The van der Waals surface area contributed by atoms with Gasteiger partial charge in [-0.05, 0) is 68.6 Å². The molecule has 3 heteroatoms. The molecule has 0 aliphatic heterocycles. The number of aryl methyl sites for hydroxylation is 3. The molecule has 0 bridgehead atoms. The van der Waals surface area contributed by atoms with Gasteiger partial charge in [0.25, 0.3) is 0 Å². The lowest BCUT2D eigenvalue weighted by Crippen LogP contribution is -2.24. The minimum atomic E-state index is -0.176. The molecule has 0 fully saturated rings. The Balaban J connectivity index is 2.30. The normalized spacial score (nSPS) is 12.4. The SMILES string of the molecule is CCNC(Cc1ccc(F)cc1C)c1ccc(C)nc1C. The van der Waals surface area contributed by atoms with E-state index in [0.717, 1.165) is 29.9 Å². The van der Waals surface area contributed by atoms with Crippen molar-refractivity contribution >= 4 is 0 Å². The largest absolute Gasteiger partial charge is 0.310 e. The van der Waals surface area contributed by atoms with Crippen LogP contribution in [0.2, 0.25) is 0 Å². The number of likely N-dealkylation sites (N-methyl/N-ethyl adjacent to an activating group) is 1. The highest BCUT2D eigenvalue weighted by Gasteiger charge is 2.15. The molecular formula is C18H23FN2. The van der Waals surface area contributed by atoms with Crippen LogP contribution in [0, 0.1) is 26.6 Å². The molecule has 1 atom stereocenters. The van der Waals surface area contributed by atoms with Crippen molar-refractivity contribution in [1.82, 2.24) is 10.3 Å². The lowest BCUT2D eigenvalue weighted by molar-refractivity contribution is 0.542. The number of hydrogen-bond acceptors (Lipinski definition) is 2. The molecule has 2 rings (SSSR count). The average Bonchev–Trinajstić information content (AvgIpc) is 2.41. The lowest BCUT2D eigenvalue weighted by atomic mass is 9.95. The predicted octanol–water partition coefficient (Wildman–Crippen LogP) is 4.04. The zero-order valence-electron chi connectivity index (χ0n) is 13.2. The topological polar surface area (TPSA) is 24.9 Å². The van der Waals surface area contributed by atoms with Crippen molar-refractivity contribution in [3.63, 3.8) is 0 Å². The molecule has 1 aromatic carbocycles. The van der Waals surface area contributed by atoms with Crippen LogP contribution >= 0.6 is 0 Å². The number of pyridine rings is 1. The molecule has 1 aromatic heterocycles. The maximum Gasteiger partial charge on any atom is 0.123 e. The van der Waals surface area contributed by atoms with Crippen molar-refractivity contribution in [2.45, 2.75) is 40.2 Å². The van der Waals surface area contributed by atoms with Crippen LogP contribution in [0.25, 0.3) is 0 Å². The van der Waals surface area contributed by atoms with Gasteiger partial charge in [-0.15, -0.1) is 0 Å². The summed E-state index contributed by atoms with van der Waals surface area (Å²) in [6, 6.07) is 9.40. The van der Waals surface area contributed by atoms with E-state index in [2.05, 4.69) is 23.3 Å². The van der Waals surface area contributed by atoms with Gasteiger partial charge in [0.2, 0.25) is 0 Å². The van der Waals surface area contributed by atoms with E-state index in [4.69, 9.17) is 0 Å². The van der Waals surface area contributed by atoms with E-state index in [1.54, 1.807) is 6.07 Å². The summed E-state index contributed by atoms with van der Waals surface area (Å²) in [4.78, 5) is 4.55. The maximum atomic E-state index is 13.2. The molecule has 1 unspecified atom stereocenters. The fraction of sp³-hybridized carbons (Fsp3) is 0.389. The third kappa shape index (κ3) is 3.88. The second-order valence-electron chi connectivity index (χ2n) is 5.51. The second-order valence-corrected chi connectivity index (χ2v) is 5.51. The monoisotopic (exact) mass is 286 g/mol. The number of aromatic nitrogens is 1. The molecule has 0 saturated carbocycles. The highest BCUT2D eigenvalue weighted by atomic mass is 19.1. The molecule has 0 amide bonds. The van der Waals surface area contributed by atoms with E-state index in [0.29, 0.717) is 0 Å². The van der Waals surface area contributed by atoms with Gasteiger partial charge in [0.1, 0.15) is 5.82 Å². The molecule has 0 saturated heterocycles. The van der Waals surface area contributed by atoms with Gasteiger partial charge < -0.3 is 5.32 Å². The molecule has 0 radical (unpaired) electrons. The Morgan fingerprint density at radius 1 is 1.14 bits per heavy atom. The summed E-state index contributed by atoms with van der Waals surface area (Å²) in [5, 5.41) is 3.52. The molecule has 2 nitrogen and oxygen atoms in total. The molecule has 1 N–H and O–H groups in total. The Hall–Kier alpha value is -1.74. The van der Waals surface area contributed by atoms with E-state index >= 15 is 0 Å². The van der Waals surface area contributed by atoms with Gasteiger partial charge in [0.15, 0.2) is 0 Å². The summed E-state index contributed by atoms with van der Waals surface area (Å²) in [6.07, 6.45) is 0.839. The maximum absolute atomic E-state index is 13.2. The van der Waals surface area contributed by atoms with Crippen LogP contribution in [-0.4, -0.2) is 11.5 Å². The third-order valence-electron chi connectivity index (χ3n) is 3.82. The number of halogens is 1. The minimum absolute atomic E-state index is 0.176. The summed E-state index contributed by atoms with van der Waals surface area (Å²) in [5.41, 5.74) is 5.47. The van der Waals surface area contributed by atoms with Gasteiger partial charge in [-0.25, -0.2) is 4.39 Å². The first-order valence-electron chi connectivity index (χ1n) is 7.43. The fourth-order valence-electron chi connectivity index (χ4n) is 2.71. The molecule has 0 aliphatic carbocycles. The van der Waals surface area contributed by atoms with Crippen LogP contribution in [0.15, 0.2) is 30.3 Å². The van der Waals surface area contributed by atoms with Gasteiger partial charge in [-0.1, -0.05) is 19.1 Å². The third-order valence-corrected chi connectivity index (χ3v) is 3.82. The molecular weight excluding hydrogens is 263 g/mol. The van der Waals surface area contributed by atoms with Crippen molar-refractivity contribution in [2.24, 2.45) is 0 Å². The van der Waals surface area contributed by atoms with E-state index in [-0.39, 0.29) is 11.9 Å². The zero-order chi connectivity index (χ0) is 15.4. The first-order chi connectivity index (χ1) is 10.0. The first kappa shape index (κ1) is 15.6. The predicted molar refractivity (Wildman–Crippen MR) is 85.0 cm³/mol. The smallest absolute Gasteiger partial charge is 0.123 e. The van der Waals surface area contributed by atoms with Crippen molar-refractivity contribution in [2.75, 3.05) is 6.54 Å². The van der Waals surface area contributed by atoms with Crippen molar-refractivity contribution in [1.29, 1.82) is 0 Å². The summed E-state index contributed by atoms with van der Waals surface area (Å²) in [7, 11) is 0. The van der Waals surface area contributed by atoms with Gasteiger partial charge in [0, 0.05) is 17.4 Å². The van der Waals surface area contributed by atoms with Crippen LogP contribution in [0.3, 0.4) is 0 Å². The number of hydrogen-bond donors (Lipinski definition) is 1. The standard InChI is InChI=1S/C18H23FN2/c1-5-20-18(17-9-6-13(3)21-14(17)4)11-15-7-8-16(19)10-12(15)2/h6-10,18,20H,5,11H2,1-4H3. The van der Waals surface area contributed by atoms with E-state index < -0.39 is 0 Å². The summed E-state index contributed by atoms with van der Waals surface area (Å²) >= 11 is 0. The van der Waals surface area contributed by atoms with Gasteiger partial charge in [0.05, 0.1) is 0 Å². The number of benzene rings is 1. The van der Waals surface area contributed by atoms with Gasteiger partial charge >= 0.3 is 0 Å². The van der Waals surface area contributed by atoms with Gasteiger partial charge in [-0.2, -0.15) is 0 Å². The van der Waals surface area contributed by atoms with Crippen molar-refractivity contribution < 1.29 is 4.39 Å². The van der Waals surface area contributed by atoms with Crippen LogP contribution in [0.4, 0.5) is 4.39 Å². The molecule has 2 aromatic rings. The molecule has 0 aliphatic rings. The molecule has 21 heavy (non-hydrogen) atoms. The molecule has 1 heterocycles. The quantitative estimate of drug-likeness (QED) is 0.897. The van der Waals surface area contributed by atoms with Crippen LogP contribution in [0.5, 0.6) is 0 Å². The number of nitrogens with one attached hydrogen (secondary N) is 1. The summed E-state index contributed by atoms with van der Waals surface area (Å²) < 4.78 is 13.2. The van der Waals surface area contributed by atoms with Crippen LogP contribution in [-0.2, 0) is 6.42 Å². The average molecular weight is 286 g/mol. The Morgan fingerprint density at radius 2 is 1.90 bits per heavy atom. The highest BCUT2D eigenvalue weighted by Crippen LogP contribution is 2.23. The van der Waals surface area contributed by atoms with Crippen molar-refractivity contribution in [3.8, 4) is 0 Å². The summed E-state index contributed by atoms with van der Waals surface area (Å²) in [6.45, 7) is 8.99. The zero-order valence-corrected chi connectivity index (χ0v) is 13.2. The lowest BCUT2D eigenvalue weighted by Gasteiger charge is -2.21. The van der Waals surface area contributed by atoms with Crippen LogP contribution in [0.1, 0.15) is 41.0 Å². The number of nitrogens with zero attached hydrogens (tertiary/aromatic N) is 1. The highest BCUT2D eigenvalue weighted by molar-refractivity contribution is 5.31. The number of rotatable bonds is 5. The summed E-state index contributed by atoms with van der Waals surface area (Å²) in [5.74, 6) is -0.176.